The van der Waals surface area contributed by atoms with E-state index in [9.17, 15) is 9.59 Å². The number of nitrogens with two attached hydrogens (primary N) is 2. The maximum atomic E-state index is 10.3. The molecule has 0 aliphatic heterocycles. The molecule has 0 fully saturated rings. The van der Waals surface area contributed by atoms with Crippen LogP contribution in [0.2, 0.25) is 0 Å². The zero-order chi connectivity index (χ0) is 13.8. The van der Waals surface area contributed by atoms with Crippen LogP contribution in [0.25, 0.3) is 0 Å². The van der Waals surface area contributed by atoms with Crippen LogP contribution in [0.4, 0.5) is 0 Å². The van der Waals surface area contributed by atoms with Crippen LogP contribution in [0.15, 0.2) is 49.1 Å². The van der Waals surface area contributed by atoms with Gasteiger partial charge < -0.3 is 11.5 Å². The third-order valence-corrected chi connectivity index (χ3v) is 1.72. The van der Waals surface area contributed by atoms with Crippen LogP contribution in [-0.2, 0) is 9.59 Å². The van der Waals surface area contributed by atoms with Crippen LogP contribution in [0, 0.1) is 0 Å². The fraction of sp³-hybridized carbons (Fsp3) is 0.231. The Labute approximate surface area is 102 Å². The Kier molecular flexibility index (Phi) is 10.6. The highest BCUT2D eigenvalue weighted by molar-refractivity contribution is 5.91. The minimum atomic E-state index is -0.454. The van der Waals surface area contributed by atoms with E-state index in [0.717, 1.165) is 0 Å². The van der Waals surface area contributed by atoms with Gasteiger partial charge in [-0.15, -0.1) is 13.2 Å². The molecular weight excluding hydrogens is 216 g/mol. The Morgan fingerprint density at radius 2 is 1.65 bits per heavy atom. The van der Waals surface area contributed by atoms with Crippen molar-refractivity contribution in [2.45, 2.75) is 19.8 Å². The van der Waals surface area contributed by atoms with E-state index in [-0.39, 0.29) is 5.91 Å². The molecule has 94 valence electrons. The van der Waals surface area contributed by atoms with E-state index in [4.69, 9.17) is 11.5 Å². The van der Waals surface area contributed by atoms with Crippen molar-refractivity contribution < 1.29 is 9.59 Å². The molecule has 0 aromatic rings. The summed E-state index contributed by atoms with van der Waals surface area (Å²) < 4.78 is 0. The minimum absolute atomic E-state index is 0.364. The fourth-order valence-electron chi connectivity index (χ4n) is 0.636. The number of carbonyl (C=O) groups excluding carboxylic acids is 2. The molecule has 4 N–H and O–H groups in total. The number of carbonyl (C=O) groups is 2. The van der Waals surface area contributed by atoms with Gasteiger partial charge in [0, 0.05) is 11.1 Å². The van der Waals surface area contributed by atoms with Crippen molar-refractivity contribution in [2.24, 2.45) is 11.5 Å². The van der Waals surface area contributed by atoms with Crippen molar-refractivity contribution in [2.75, 3.05) is 0 Å². The molecule has 0 aliphatic rings. The van der Waals surface area contributed by atoms with E-state index in [1.54, 1.807) is 25.2 Å². The predicted molar refractivity (Wildman–Crippen MR) is 70.9 cm³/mol. The lowest BCUT2D eigenvalue weighted by molar-refractivity contribution is -0.115. The molecule has 4 heteroatoms. The summed E-state index contributed by atoms with van der Waals surface area (Å²) in [6, 6.07) is 0. The first kappa shape index (κ1) is 17.3. The number of primary amides is 2. The molecule has 0 bridgehead atoms. The standard InChI is InChI=1S/C7H11NO.C6H9NO/c1-3-4-5-6(2)7(8)9;1-3-4-5(2)6(7)8/h3,5H,1,4H2,2H3,(H2,8,9);3H,1-2,4H2,(H2,7,8). The smallest absolute Gasteiger partial charge is 0.244 e. The van der Waals surface area contributed by atoms with E-state index < -0.39 is 5.91 Å². The van der Waals surface area contributed by atoms with Gasteiger partial charge in [0.15, 0.2) is 0 Å². The van der Waals surface area contributed by atoms with Gasteiger partial charge in [-0.25, -0.2) is 0 Å². The number of hydrogen-bond donors (Lipinski definition) is 2. The topological polar surface area (TPSA) is 86.2 Å². The van der Waals surface area contributed by atoms with Crippen molar-refractivity contribution in [3.8, 4) is 0 Å². The molecule has 0 heterocycles. The van der Waals surface area contributed by atoms with Gasteiger partial charge in [-0.3, -0.25) is 9.59 Å². The Balaban J connectivity index is 0. The van der Waals surface area contributed by atoms with Crippen molar-refractivity contribution >= 4 is 11.8 Å². The van der Waals surface area contributed by atoms with Crippen LogP contribution in [0.5, 0.6) is 0 Å². The van der Waals surface area contributed by atoms with Gasteiger partial charge >= 0.3 is 0 Å². The van der Waals surface area contributed by atoms with Crippen LogP contribution >= 0.6 is 0 Å². The summed E-state index contributed by atoms with van der Waals surface area (Å²) in [6.07, 6.45) is 6.24. The summed E-state index contributed by atoms with van der Waals surface area (Å²) in [5.74, 6) is -0.818. The number of amides is 2. The molecule has 4 nitrogen and oxygen atoms in total. The van der Waals surface area contributed by atoms with Crippen LogP contribution in [0.3, 0.4) is 0 Å². The Morgan fingerprint density at radius 3 is 1.88 bits per heavy atom. The first-order valence-electron chi connectivity index (χ1n) is 5.02. The first-order valence-corrected chi connectivity index (χ1v) is 5.02. The zero-order valence-electron chi connectivity index (χ0n) is 10.2. The molecule has 0 saturated carbocycles. The van der Waals surface area contributed by atoms with Gasteiger partial charge in [-0.2, -0.15) is 0 Å². The summed E-state index contributed by atoms with van der Waals surface area (Å²) >= 11 is 0. The third-order valence-electron chi connectivity index (χ3n) is 1.72. The van der Waals surface area contributed by atoms with Crippen molar-refractivity contribution in [1.29, 1.82) is 0 Å². The maximum Gasteiger partial charge on any atom is 0.244 e. The molecule has 0 saturated heterocycles. The molecule has 17 heavy (non-hydrogen) atoms. The Bertz CT molecular complexity index is 341. The highest BCUT2D eigenvalue weighted by Gasteiger charge is 1.95. The lowest BCUT2D eigenvalue weighted by Gasteiger charge is -1.90. The van der Waals surface area contributed by atoms with E-state index >= 15 is 0 Å². The number of rotatable bonds is 6. The van der Waals surface area contributed by atoms with Gasteiger partial charge in [0.25, 0.3) is 0 Å². The fourth-order valence-corrected chi connectivity index (χ4v) is 0.636. The highest BCUT2D eigenvalue weighted by Crippen LogP contribution is 1.94. The zero-order valence-corrected chi connectivity index (χ0v) is 10.2. The minimum Gasteiger partial charge on any atom is -0.366 e. The Morgan fingerprint density at radius 1 is 1.12 bits per heavy atom. The van der Waals surface area contributed by atoms with Crippen molar-refractivity contribution in [1.82, 2.24) is 0 Å². The maximum absolute atomic E-state index is 10.3. The van der Waals surface area contributed by atoms with E-state index in [2.05, 4.69) is 19.7 Å². The molecule has 0 aromatic heterocycles. The van der Waals surface area contributed by atoms with Gasteiger partial charge in [0.05, 0.1) is 0 Å². The normalized spacial score (nSPS) is 9.59. The molecule has 0 unspecified atom stereocenters. The molecular formula is C13H20N2O2. The lowest BCUT2D eigenvalue weighted by atomic mass is 10.2. The van der Waals surface area contributed by atoms with Gasteiger partial charge in [0.1, 0.15) is 0 Å². The third kappa shape index (κ3) is 11.8. The monoisotopic (exact) mass is 236 g/mol. The molecule has 0 aliphatic carbocycles. The number of hydrogen-bond acceptors (Lipinski definition) is 2. The van der Waals surface area contributed by atoms with Gasteiger partial charge in [0.2, 0.25) is 11.8 Å². The molecule has 0 spiro atoms. The number of allylic oxidation sites excluding steroid dienone is 3. The van der Waals surface area contributed by atoms with Crippen LogP contribution in [0.1, 0.15) is 19.8 Å². The molecule has 2 amide bonds. The SMILES string of the molecule is C=CCC(=C)C(N)=O.C=CCC=C(C)C(N)=O. The molecule has 0 radical (unpaired) electrons. The molecule has 0 atom stereocenters. The van der Waals surface area contributed by atoms with E-state index in [1.165, 1.54) is 0 Å². The van der Waals surface area contributed by atoms with E-state index in [1.807, 2.05) is 0 Å². The average Bonchev–Trinajstić information content (AvgIpc) is 2.26. The summed E-state index contributed by atoms with van der Waals surface area (Å²) in [5, 5.41) is 0. The van der Waals surface area contributed by atoms with Crippen LogP contribution in [-0.4, -0.2) is 11.8 Å². The van der Waals surface area contributed by atoms with Gasteiger partial charge in [-0.1, -0.05) is 24.8 Å². The lowest BCUT2D eigenvalue weighted by Crippen LogP contribution is -2.12. The summed E-state index contributed by atoms with van der Waals surface area (Å²) in [7, 11) is 0. The van der Waals surface area contributed by atoms with E-state index in [0.29, 0.717) is 24.0 Å². The second-order valence-corrected chi connectivity index (χ2v) is 3.24. The van der Waals surface area contributed by atoms with Crippen LogP contribution < -0.4 is 11.5 Å². The molecule has 0 rings (SSSR count). The van der Waals surface area contributed by atoms with Crippen molar-refractivity contribution in [3.05, 3.63) is 49.1 Å². The quantitative estimate of drug-likeness (QED) is 0.542. The second-order valence-electron chi connectivity index (χ2n) is 3.24. The average molecular weight is 236 g/mol. The van der Waals surface area contributed by atoms with Gasteiger partial charge in [-0.05, 0) is 19.8 Å². The Hall–Kier alpha value is -2.10. The predicted octanol–water partition coefficient (Wildman–Crippen LogP) is 1.60. The van der Waals surface area contributed by atoms with Crippen molar-refractivity contribution in [3.63, 3.8) is 0 Å². The first-order chi connectivity index (χ1) is 7.86. The second kappa shape index (κ2) is 10.4. The molecule has 0 aromatic carbocycles. The largest absolute Gasteiger partial charge is 0.366 e. The summed E-state index contributed by atoms with van der Waals surface area (Å²) in [4.78, 5) is 20.5. The summed E-state index contributed by atoms with van der Waals surface area (Å²) in [5.41, 5.74) is 10.8. The highest BCUT2D eigenvalue weighted by atomic mass is 16.1. The summed E-state index contributed by atoms with van der Waals surface area (Å²) in [6.45, 7) is 12.0.